The van der Waals surface area contributed by atoms with Crippen molar-refractivity contribution in [3.05, 3.63) is 64.2 Å². The van der Waals surface area contributed by atoms with Gasteiger partial charge in [0.2, 0.25) is 0 Å². The Morgan fingerprint density at radius 3 is 2.67 bits per heavy atom. The summed E-state index contributed by atoms with van der Waals surface area (Å²) in [7, 11) is 1.57. The van der Waals surface area contributed by atoms with Crippen LogP contribution in [0, 0.1) is 5.82 Å². The molecule has 8 heteroatoms. The first-order valence-electron chi connectivity index (χ1n) is 8.01. The normalized spacial score (nSPS) is 12.0. The van der Waals surface area contributed by atoms with Gasteiger partial charge in [-0.05, 0) is 30.7 Å². The van der Waals surface area contributed by atoms with Crippen molar-refractivity contribution >= 4 is 29.5 Å². The quantitative estimate of drug-likeness (QED) is 0.253. The molecule has 0 aliphatic carbocycles. The molecule has 0 aliphatic heterocycles. The topological polar surface area (TPSA) is 81.0 Å². The fourth-order valence-corrected chi connectivity index (χ4v) is 2.30. The molecule has 0 amide bonds. The van der Waals surface area contributed by atoms with Crippen LogP contribution in [0.15, 0.2) is 47.1 Å². The lowest BCUT2D eigenvalue weighted by Gasteiger charge is -2.08. The lowest BCUT2D eigenvalue weighted by Crippen LogP contribution is -2.12. The first-order chi connectivity index (χ1) is 13.0. The van der Waals surface area contributed by atoms with E-state index in [9.17, 15) is 14.3 Å². The maximum Gasteiger partial charge on any atom is 0.343 e. The summed E-state index contributed by atoms with van der Waals surface area (Å²) in [5.41, 5.74) is 0.299. The number of halogens is 2. The van der Waals surface area contributed by atoms with E-state index in [0.29, 0.717) is 5.75 Å². The highest BCUT2D eigenvalue weighted by atomic mass is 35.5. The largest absolute Gasteiger partial charge is 0.506 e. The number of aromatic nitrogens is 1. The van der Waals surface area contributed by atoms with Gasteiger partial charge in [0, 0.05) is 12.4 Å². The Labute approximate surface area is 160 Å². The molecule has 0 bridgehead atoms. The number of aliphatic hydroxyl groups excluding tert-OH is 1. The Bertz CT molecular complexity index is 867. The first kappa shape index (κ1) is 20.4. The molecule has 0 radical (unpaired) electrons. The Kier molecular flexibility index (Phi) is 7.31. The van der Waals surface area contributed by atoms with Crippen molar-refractivity contribution in [1.29, 1.82) is 0 Å². The third-order valence-corrected chi connectivity index (χ3v) is 3.77. The van der Waals surface area contributed by atoms with Gasteiger partial charge in [-0.3, -0.25) is 4.99 Å². The van der Waals surface area contributed by atoms with Crippen molar-refractivity contribution in [3.8, 4) is 5.75 Å². The van der Waals surface area contributed by atoms with Crippen molar-refractivity contribution in [3.63, 3.8) is 0 Å². The number of aliphatic imine (C=N–C) groups is 1. The molecule has 142 valence electrons. The molecular formula is C19H18ClFN2O4. The van der Waals surface area contributed by atoms with Gasteiger partial charge >= 0.3 is 5.97 Å². The molecule has 0 unspecified atom stereocenters. The smallest absolute Gasteiger partial charge is 0.343 e. The number of ether oxygens (including phenoxy) is 2. The molecule has 1 aromatic carbocycles. The molecular weight excluding hydrogens is 375 g/mol. The van der Waals surface area contributed by atoms with Crippen LogP contribution >= 0.6 is 11.6 Å². The molecule has 1 heterocycles. The zero-order chi connectivity index (χ0) is 19.8. The van der Waals surface area contributed by atoms with Crippen LogP contribution in [0.3, 0.4) is 0 Å². The van der Waals surface area contributed by atoms with Crippen LogP contribution in [0.25, 0.3) is 5.76 Å². The molecule has 6 nitrogen and oxygen atoms in total. The monoisotopic (exact) mass is 392 g/mol. The third-order valence-electron chi connectivity index (χ3n) is 3.51. The van der Waals surface area contributed by atoms with Gasteiger partial charge in [0.1, 0.15) is 17.1 Å². The van der Waals surface area contributed by atoms with Crippen LogP contribution < -0.4 is 4.74 Å². The van der Waals surface area contributed by atoms with Gasteiger partial charge in [-0.1, -0.05) is 23.7 Å². The third kappa shape index (κ3) is 5.27. The molecule has 0 aliphatic rings. The Morgan fingerprint density at radius 2 is 2.04 bits per heavy atom. The maximum absolute atomic E-state index is 14.1. The Balaban J connectivity index is 2.33. The average Bonchev–Trinajstić information content (AvgIpc) is 2.67. The van der Waals surface area contributed by atoms with Crippen molar-refractivity contribution in [2.45, 2.75) is 13.5 Å². The number of pyridine rings is 1. The van der Waals surface area contributed by atoms with E-state index in [-0.39, 0.29) is 24.3 Å². The molecule has 2 rings (SSSR count). The summed E-state index contributed by atoms with van der Waals surface area (Å²) in [5, 5.41) is 9.97. The van der Waals surface area contributed by atoms with Crippen molar-refractivity contribution in [2.24, 2.45) is 4.99 Å². The van der Waals surface area contributed by atoms with E-state index < -0.39 is 22.7 Å². The highest BCUT2D eigenvalue weighted by Crippen LogP contribution is 2.23. The summed E-state index contributed by atoms with van der Waals surface area (Å²) < 4.78 is 24.1. The minimum absolute atomic E-state index is 0.0848. The van der Waals surface area contributed by atoms with Crippen LogP contribution in [0.1, 0.15) is 18.1 Å². The van der Waals surface area contributed by atoms with Crippen LogP contribution in [-0.4, -0.2) is 36.0 Å². The molecule has 27 heavy (non-hydrogen) atoms. The number of carbonyl (C=O) groups is 1. The van der Waals surface area contributed by atoms with Crippen molar-refractivity contribution in [1.82, 2.24) is 4.98 Å². The van der Waals surface area contributed by atoms with Crippen molar-refractivity contribution < 1.29 is 23.8 Å². The van der Waals surface area contributed by atoms with E-state index >= 15 is 0 Å². The summed E-state index contributed by atoms with van der Waals surface area (Å²) in [6.07, 6.45) is 2.36. The maximum atomic E-state index is 14.1. The standard InChI is InChI=1S/C19H18ClFN2O4/c1-3-27-19(25)15(17(24)14-8-9-23-18(20)16(14)21)11-22-10-12-4-6-13(26-2)7-5-12/h4-9,11,24H,3,10H2,1-2H3. The van der Waals surface area contributed by atoms with Gasteiger partial charge in [-0.2, -0.15) is 0 Å². The zero-order valence-electron chi connectivity index (χ0n) is 14.8. The molecule has 0 fully saturated rings. The molecule has 0 atom stereocenters. The summed E-state index contributed by atoms with van der Waals surface area (Å²) in [6.45, 7) is 1.94. The predicted octanol–water partition coefficient (Wildman–Crippen LogP) is 3.99. The van der Waals surface area contributed by atoms with E-state index in [0.717, 1.165) is 11.8 Å². The second-order valence-corrected chi connectivity index (χ2v) is 5.62. The lowest BCUT2D eigenvalue weighted by molar-refractivity contribution is -0.137. The second kappa shape index (κ2) is 9.68. The van der Waals surface area contributed by atoms with E-state index in [1.54, 1.807) is 26.2 Å². The van der Waals surface area contributed by atoms with Crippen LogP contribution in [0.4, 0.5) is 4.39 Å². The Morgan fingerprint density at radius 1 is 1.33 bits per heavy atom. The molecule has 1 N–H and O–H groups in total. The SMILES string of the molecule is CCOC(=O)C(C=NCc1ccc(OC)cc1)=C(O)c1ccnc(Cl)c1F. The number of esters is 1. The highest BCUT2D eigenvalue weighted by Gasteiger charge is 2.20. The van der Waals surface area contributed by atoms with Gasteiger partial charge in [-0.15, -0.1) is 0 Å². The average molecular weight is 393 g/mol. The molecule has 0 saturated heterocycles. The number of carbonyl (C=O) groups excluding carboxylic acids is 1. The van der Waals surface area contributed by atoms with Gasteiger partial charge in [0.25, 0.3) is 0 Å². The number of nitrogens with zero attached hydrogens (tertiary/aromatic N) is 2. The fraction of sp³-hybridized carbons (Fsp3) is 0.211. The van der Waals surface area contributed by atoms with E-state index in [1.165, 1.54) is 12.3 Å². The molecule has 1 aromatic heterocycles. The van der Waals surface area contributed by atoms with Gasteiger partial charge in [0.15, 0.2) is 11.0 Å². The zero-order valence-corrected chi connectivity index (χ0v) is 15.5. The van der Waals surface area contributed by atoms with Crippen LogP contribution in [-0.2, 0) is 16.1 Å². The highest BCUT2D eigenvalue weighted by molar-refractivity contribution is 6.29. The number of aliphatic hydroxyl groups is 1. The van der Waals surface area contributed by atoms with Crippen molar-refractivity contribution in [2.75, 3.05) is 13.7 Å². The van der Waals surface area contributed by atoms with Crippen LogP contribution in [0.5, 0.6) is 5.75 Å². The second-order valence-electron chi connectivity index (χ2n) is 5.26. The van der Waals surface area contributed by atoms with E-state index in [1.807, 2.05) is 12.1 Å². The number of rotatable bonds is 7. The fourth-order valence-electron chi connectivity index (χ4n) is 2.14. The summed E-state index contributed by atoms with van der Waals surface area (Å²) in [5.74, 6) is -1.70. The molecule has 0 spiro atoms. The summed E-state index contributed by atoms with van der Waals surface area (Å²) in [4.78, 5) is 19.9. The van der Waals surface area contributed by atoms with E-state index in [2.05, 4.69) is 9.98 Å². The summed E-state index contributed by atoms with van der Waals surface area (Å²) >= 11 is 5.63. The number of hydrogen-bond donors (Lipinski definition) is 1. The van der Waals surface area contributed by atoms with Gasteiger partial charge < -0.3 is 14.6 Å². The van der Waals surface area contributed by atoms with Gasteiger partial charge in [0.05, 0.1) is 25.8 Å². The summed E-state index contributed by atoms with van der Waals surface area (Å²) in [6, 6.07) is 8.38. The van der Waals surface area contributed by atoms with Gasteiger partial charge in [-0.25, -0.2) is 14.2 Å². The van der Waals surface area contributed by atoms with Crippen LogP contribution in [0.2, 0.25) is 5.15 Å². The number of hydrogen-bond acceptors (Lipinski definition) is 6. The van der Waals surface area contributed by atoms with E-state index in [4.69, 9.17) is 21.1 Å². The Hall–Kier alpha value is -2.93. The molecule has 0 saturated carbocycles. The number of methoxy groups -OCH3 is 1. The first-order valence-corrected chi connectivity index (χ1v) is 8.39. The predicted molar refractivity (Wildman–Crippen MR) is 101 cm³/mol. The molecule has 2 aromatic rings. The minimum atomic E-state index is -0.943. The minimum Gasteiger partial charge on any atom is -0.506 e. The number of benzene rings is 1. The lowest BCUT2D eigenvalue weighted by atomic mass is 10.1.